The molecule has 0 bridgehead atoms. The molecule has 0 radical (unpaired) electrons. The maximum atomic E-state index is 9.53. The van der Waals surface area contributed by atoms with E-state index < -0.39 is 18.1 Å². The Balaban J connectivity index is 1.55. The van der Waals surface area contributed by atoms with Gasteiger partial charge in [-0.1, -0.05) is 127 Å². The van der Waals surface area contributed by atoms with E-state index >= 15 is 0 Å². The van der Waals surface area contributed by atoms with Crippen molar-refractivity contribution in [1.29, 1.82) is 0 Å². The highest BCUT2D eigenvalue weighted by molar-refractivity contribution is 6.22. The molecule has 0 unspecified atom stereocenters. The molecule has 1 heterocycles. The van der Waals surface area contributed by atoms with Crippen LogP contribution in [0.5, 0.6) is 0 Å². The van der Waals surface area contributed by atoms with Crippen molar-refractivity contribution in [3.63, 3.8) is 0 Å². The second kappa shape index (κ2) is 8.72. The fourth-order valence-electron chi connectivity index (χ4n) is 5.44. The predicted molar refractivity (Wildman–Crippen MR) is 165 cm³/mol. The summed E-state index contributed by atoms with van der Waals surface area (Å²) in [5.41, 5.74) is 1.67. The zero-order chi connectivity index (χ0) is 35.3. The van der Waals surface area contributed by atoms with E-state index in [9.17, 15) is 4.11 Å². The summed E-state index contributed by atoms with van der Waals surface area (Å²) >= 11 is 0. The second-order valence-corrected chi connectivity index (χ2v) is 9.22. The van der Waals surface area contributed by atoms with E-state index in [2.05, 4.69) is 0 Å². The Morgan fingerprint density at radius 1 is 0.436 bits per heavy atom. The van der Waals surface area contributed by atoms with E-state index in [-0.39, 0.29) is 87.0 Å². The quantitative estimate of drug-likeness (QED) is 0.217. The van der Waals surface area contributed by atoms with Crippen LogP contribution in [-0.2, 0) is 0 Å². The van der Waals surface area contributed by atoms with Gasteiger partial charge in [0.15, 0.2) is 0 Å². The fraction of sp³-hybridized carbons (Fsp3) is 0. The highest BCUT2D eigenvalue weighted by Gasteiger charge is 2.18. The minimum atomic E-state index is -0.505. The average Bonchev–Trinajstić information content (AvgIpc) is 3.53. The molecule has 8 rings (SSSR count). The Bertz CT molecular complexity index is 2680. The van der Waals surface area contributed by atoms with E-state index in [0.717, 1.165) is 0 Å². The molecule has 0 aliphatic heterocycles. The molecule has 1 aromatic heterocycles. The van der Waals surface area contributed by atoms with Crippen molar-refractivity contribution < 1.29 is 19.5 Å². The van der Waals surface area contributed by atoms with Gasteiger partial charge >= 0.3 is 0 Å². The van der Waals surface area contributed by atoms with Crippen LogP contribution >= 0.6 is 0 Å². The SMILES string of the molecule is [2H]c1c([2H])c([2H])c(-c2c3ccccc3c(-c3c([2H])c([2H])c4c(oc5c([2H])c([2H])c([2H])c(-c6ccccc6)c54)c3[2H])c3ccccc23)c([2H])c1[2H]. The Labute approximate surface area is 242 Å². The number of hydrogen-bond donors (Lipinski definition) is 0. The number of rotatable bonds is 3. The van der Waals surface area contributed by atoms with Gasteiger partial charge in [0.05, 0.1) is 15.1 Å². The molecule has 0 amide bonds. The lowest BCUT2D eigenvalue weighted by Crippen LogP contribution is -1.90. The molecule has 1 nitrogen and oxygen atoms in total. The summed E-state index contributed by atoms with van der Waals surface area (Å²) < 4.78 is 103. The van der Waals surface area contributed by atoms with Crippen molar-refractivity contribution in [1.82, 2.24) is 0 Å². The highest BCUT2D eigenvalue weighted by Crippen LogP contribution is 2.45. The van der Waals surface area contributed by atoms with E-state index in [1.54, 1.807) is 72.8 Å². The molecule has 0 saturated heterocycles. The Hall–Kier alpha value is -5.14. The van der Waals surface area contributed by atoms with Crippen molar-refractivity contribution in [2.45, 2.75) is 0 Å². The van der Waals surface area contributed by atoms with E-state index in [0.29, 0.717) is 38.2 Å². The van der Waals surface area contributed by atoms with Crippen molar-refractivity contribution in [3.8, 4) is 33.4 Å². The molecule has 0 saturated carbocycles. The zero-order valence-corrected chi connectivity index (χ0v) is 20.4. The number of furan rings is 1. The highest BCUT2D eigenvalue weighted by atomic mass is 16.3. The van der Waals surface area contributed by atoms with Crippen LogP contribution in [0.25, 0.3) is 76.9 Å². The minimum Gasteiger partial charge on any atom is -0.456 e. The van der Waals surface area contributed by atoms with Gasteiger partial charge in [-0.2, -0.15) is 0 Å². The zero-order valence-electron chi connectivity index (χ0n) is 31.4. The van der Waals surface area contributed by atoms with Crippen LogP contribution in [0.1, 0.15) is 15.1 Å². The van der Waals surface area contributed by atoms with Crippen molar-refractivity contribution >= 4 is 43.5 Å². The lowest BCUT2D eigenvalue weighted by Gasteiger charge is -2.17. The minimum absolute atomic E-state index is 0.0230. The van der Waals surface area contributed by atoms with Crippen molar-refractivity contribution in [3.05, 3.63) is 145 Å². The van der Waals surface area contributed by atoms with E-state index in [4.69, 9.17) is 15.4 Å². The van der Waals surface area contributed by atoms with E-state index in [1.165, 1.54) is 0 Å². The van der Waals surface area contributed by atoms with Crippen molar-refractivity contribution in [2.75, 3.05) is 0 Å². The van der Waals surface area contributed by atoms with Crippen LogP contribution in [-0.4, -0.2) is 0 Å². The van der Waals surface area contributed by atoms with Crippen LogP contribution < -0.4 is 0 Å². The Morgan fingerprint density at radius 2 is 1.05 bits per heavy atom. The summed E-state index contributed by atoms with van der Waals surface area (Å²) in [5, 5.41) is 2.42. The molecule has 0 aliphatic rings. The lowest BCUT2D eigenvalue weighted by molar-refractivity contribution is 0.669. The summed E-state index contributed by atoms with van der Waals surface area (Å²) in [7, 11) is 0. The van der Waals surface area contributed by atoms with Gasteiger partial charge in [0, 0.05) is 10.8 Å². The number of fused-ring (bicyclic) bond motifs is 5. The number of hydrogen-bond acceptors (Lipinski definition) is 1. The Kier molecular flexibility index (Phi) is 3.04. The van der Waals surface area contributed by atoms with E-state index in [1.807, 2.05) is 6.07 Å². The maximum absolute atomic E-state index is 9.53. The van der Waals surface area contributed by atoms with Crippen LogP contribution in [0.15, 0.2) is 150 Å². The van der Waals surface area contributed by atoms with Gasteiger partial charge in [-0.15, -0.1) is 0 Å². The maximum Gasteiger partial charge on any atom is 0.136 e. The molecular weight excluding hydrogens is 472 g/mol. The normalized spacial score (nSPS) is 15.5. The van der Waals surface area contributed by atoms with Gasteiger partial charge in [-0.3, -0.25) is 0 Å². The van der Waals surface area contributed by atoms with Crippen molar-refractivity contribution in [2.24, 2.45) is 0 Å². The van der Waals surface area contributed by atoms with Crippen LogP contribution in [0.4, 0.5) is 0 Å². The molecule has 0 atom stereocenters. The van der Waals surface area contributed by atoms with Gasteiger partial charge in [0.1, 0.15) is 11.2 Å². The lowest BCUT2D eigenvalue weighted by atomic mass is 9.86. The standard InChI is InChI=1S/C38H24O/c1-3-12-25(13-4-1)28-20-11-21-34-38(28)33-23-22-27(24-35(33)39-34)37-31-18-9-7-16-29(31)36(26-14-5-2-6-15-26)30-17-8-10-19-32(30)37/h1-24H/i2D,5D,6D,11D,14D,15D,20D,21D,22D,23D,24D. The largest absolute Gasteiger partial charge is 0.456 e. The van der Waals surface area contributed by atoms with Crippen LogP contribution in [0, 0.1) is 0 Å². The first-order chi connectivity index (χ1) is 24.0. The summed E-state index contributed by atoms with van der Waals surface area (Å²) in [4.78, 5) is 0. The molecular formula is C38H24O. The average molecular weight is 508 g/mol. The van der Waals surface area contributed by atoms with Gasteiger partial charge in [0.25, 0.3) is 0 Å². The molecule has 7 aromatic carbocycles. The third-order valence-corrected chi connectivity index (χ3v) is 7.07. The Morgan fingerprint density at radius 3 is 1.72 bits per heavy atom. The first-order valence-corrected chi connectivity index (χ1v) is 12.5. The van der Waals surface area contributed by atoms with Gasteiger partial charge in [-0.05, 0) is 73.1 Å². The van der Waals surface area contributed by atoms with Gasteiger partial charge in [-0.25, -0.2) is 0 Å². The molecule has 8 aromatic rings. The third-order valence-electron chi connectivity index (χ3n) is 7.07. The third kappa shape index (κ3) is 3.41. The smallest absolute Gasteiger partial charge is 0.136 e. The molecule has 0 aliphatic carbocycles. The predicted octanol–water partition coefficient (Wildman–Crippen LogP) is 10.9. The van der Waals surface area contributed by atoms with Crippen LogP contribution in [0.2, 0.25) is 0 Å². The molecule has 0 spiro atoms. The molecule has 182 valence electrons. The number of benzene rings is 7. The first-order valence-electron chi connectivity index (χ1n) is 18.0. The molecule has 0 N–H and O–H groups in total. The summed E-state index contributed by atoms with van der Waals surface area (Å²) in [6.45, 7) is 0. The molecule has 39 heavy (non-hydrogen) atoms. The molecule has 1 heteroatoms. The topological polar surface area (TPSA) is 13.1 Å². The van der Waals surface area contributed by atoms with Gasteiger partial charge in [0.2, 0.25) is 0 Å². The molecule has 0 fully saturated rings. The second-order valence-electron chi connectivity index (χ2n) is 9.22. The van der Waals surface area contributed by atoms with Gasteiger partial charge < -0.3 is 4.42 Å². The summed E-state index contributed by atoms with van der Waals surface area (Å²) in [6.07, 6.45) is 0. The monoisotopic (exact) mass is 507 g/mol. The van der Waals surface area contributed by atoms with Crippen LogP contribution in [0.3, 0.4) is 0 Å². The first kappa shape index (κ1) is 13.6. The summed E-state index contributed by atoms with van der Waals surface area (Å²) in [6, 6.07) is 19.1. The summed E-state index contributed by atoms with van der Waals surface area (Å²) in [5.74, 6) is 0. The fourth-order valence-corrected chi connectivity index (χ4v) is 5.44.